The SMILES string of the molecule is COc1cc(NC(C)=O)ccc1/C=N/N=C(N/N=C/c1ccc(NC(C)=O)cc1OC)N/N=C/c1ccc(NC(C)=O)cc1OC. The lowest BCUT2D eigenvalue weighted by Crippen LogP contribution is -2.30. The van der Waals surface area contributed by atoms with E-state index in [1.807, 2.05) is 0 Å². The maximum absolute atomic E-state index is 11.4. The van der Waals surface area contributed by atoms with Gasteiger partial charge in [-0.25, -0.2) is 10.9 Å². The van der Waals surface area contributed by atoms with E-state index in [9.17, 15) is 14.4 Å². The van der Waals surface area contributed by atoms with Crippen LogP contribution in [0.4, 0.5) is 17.1 Å². The van der Waals surface area contributed by atoms with Gasteiger partial charge in [0.05, 0.1) is 40.0 Å². The molecule has 3 aromatic rings. The van der Waals surface area contributed by atoms with Gasteiger partial charge in [0, 0.05) is 72.7 Å². The van der Waals surface area contributed by atoms with Gasteiger partial charge in [0.25, 0.3) is 5.96 Å². The van der Waals surface area contributed by atoms with Gasteiger partial charge in [0.1, 0.15) is 17.2 Å². The van der Waals surface area contributed by atoms with Crippen LogP contribution in [0.15, 0.2) is 75.0 Å². The Bertz CT molecular complexity index is 1600. The van der Waals surface area contributed by atoms with Gasteiger partial charge < -0.3 is 30.2 Å². The number of amides is 3. The van der Waals surface area contributed by atoms with Crippen LogP contribution in [0.5, 0.6) is 17.2 Å². The fourth-order valence-corrected chi connectivity index (χ4v) is 3.84. The van der Waals surface area contributed by atoms with Crippen molar-refractivity contribution in [1.82, 2.24) is 10.9 Å². The largest absolute Gasteiger partial charge is 0.496 e. The molecule has 0 unspecified atom stereocenters. The van der Waals surface area contributed by atoms with E-state index >= 15 is 0 Å². The Labute approximate surface area is 265 Å². The average molecular weight is 630 g/mol. The van der Waals surface area contributed by atoms with Crippen LogP contribution in [0.1, 0.15) is 37.5 Å². The number of guanidine groups is 1. The van der Waals surface area contributed by atoms with Crippen LogP contribution in [0.2, 0.25) is 0 Å². The summed E-state index contributed by atoms with van der Waals surface area (Å²) in [5.41, 5.74) is 9.05. The third-order valence-electron chi connectivity index (χ3n) is 5.76. The first kappa shape index (κ1) is 34.2. The molecule has 3 aromatic carbocycles. The molecule has 0 spiro atoms. The van der Waals surface area contributed by atoms with Crippen LogP contribution in [-0.4, -0.2) is 63.7 Å². The molecule has 240 valence electrons. The number of ether oxygens (including phenoxy) is 3. The number of hydrazone groups is 2. The van der Waals surface area contributed by atoms with Crippen molar-refractivity contribution in [2.75, 3.05) is 37.3 Å². The first-order chi connectivity index (χ1) is 22.1. The lowest BCUT2D eigenvalue weighted by atomic mass is 10.2. The van der Waals surface area contributed by atoms with Crippen LogP contribution in [0.25, 0.3) is 0 Å². The summed E-state index contributed by atoms with van der Waals surface area (Å²) in [5, 5.41) is 24.8. The number of carbonyl (C=O) groups is 3. The first-order valence-electron chi connectivity index (χ1n) is 13.7. The molecule has 0 aliphatic heterocycles. The second-order valence-corrected chi connectivity index (χ2v) is 9.35. The molecule has 0 heterocycles. The number of anilines is 3. The molecule has 0 bridgehead atoms. The van der Waals surface area contributed by atoms with Gasteiger partial charge in [-0.2, -0.15) is 15.3 Å². The predicted molar refractivity (Wildman–Crippen MR) is 178 cm³/mol. The van der Waals surface area contributed by atoms with Crippen molar-refractivity contribution < 1.29 is 28.6 Å². The minimum Gasteiger partial charge on any atom is -0.496 e. The number of hydrogen-bond donors (Lipinski definition) is 5. The maximum Gasteiger partial charge on any atom is 0.257 e. The van der Waals surface area contributed by atoms with Gasteiger partial charge in [0.15, 0.2) is 0 Å². The topological polar surface area (TPSA) is 188 Å². The highest BCUT2D eigenvalue weighted by molar-refractivity contribution is 5.93. The Morgan fingerprint density at radius 3 is 1.24 bits per heavy atom. The number of methoxy groups -OCH3 is 3. The molecule has 0 aliphatic carbocycles. The molecule has 3 amide bonds. The third-order valence-corrected chi connectivity index (χ3v) is 5.76. The summed E-state index contributed by atoms with van der Waals surface area (Å²) in [5.74, 6) is 0.835. The fourth-order valence-electron chi connectivity index (χ4n) is 3.84. The predicted octanol–water partition coefficient (Wildman–Crippen LogP) is 3.52. The van der Waals surface area contributed by atoms with Crippen molar-refractivity contribution >= 4 is 59.4 Å². The molecule has 0 radical (unpaired) electrons. The van der Waals surface area contributed by atoms with Gasteiger partial charge in [-0.3, -0.25) is 14.4 Å². The molecule has 3 rings (SSSR count). The molecular weight excluding hydrogens is 594 g/mol. The molecule has 0 atom stereocenters. The maximum atomic E-state index is 11.4. The van der Waals surface area contributed by atoms with Crippen LogP contribution in [-0.2, 0) is 14.4 Å². The number of rotatable bonds is 12. The van der Waals surface area contributed by atoms with E-state index < -0.39 is 0 Å². The zero-order valence-corrected chi connectivity index (χ0v) is 26.2. The van der Waals surface area contributed by atoms with E-state index in [2.05, 4.69) is 47.2 Å². The fraction of sp³-hybridized carbons (Fsp3) is 0.194. The van der Waals surface area contributed by atoms with E-state index in [1.165, 1.54) is 60.7 Å². The van der Waals surface area contributed by atoms with Crippen LogP contribution in [0, 0.1) is 0 Å². The minimum absolute atomic E-state index is 0.0419. The van der Waals surface area contributed by atoms with Gasteiger partial charge >= 0.3 is 0 Å². The van der Waals surface area contributed by atoms with E-state index in [-0.39, 0.29) is 23.7 Å². The van der Waals surface area contributed by atoms with Crippen molar-refractivity contribution in [3.63, 3.8) is 0 Å². The standard InChI is InChI=1S/C31H35N9O6/c1-19(41)35-25-10-7-22(28(13-25)44-4)16-32-38-31(39-33-17-23-8-11-26(36-20(2)42)14-29(23)45-5)40-34-18-24-9-12-27(37-21(3)43)15-30(24)46-6/h7-18H,1-6H3,(H,35,41)(H,36,42)(H,37,43)(H2,38,39,40)/b32-16+,33-17+,34-18+. The summed E-state index contributed by atoms with van der Waals surface area (Å²) in [7, 11) is 4.51. The quantitative estimate of drug-likeness (QED) is 0.114. The number of nitrogens with one attached hydrogen (secondary N) is 5. The van der Waals surface area contributed by atoms with E-state index in [0.717, 1.165) is 0 Å². The number of nitrogens with zero attached hydrogens (tertiary/aromatic N) is 4. The minimum atomic E-state index is -0.210. The third kappa shape index (κ3) is 10.8. The first-order valence-corrected chi connectivity index (χ1v) is 13.7. The molecular formula is C31H35N9O6. The summed E-state index contributed by atoms with van der Waals surface area (Å²) in [6.07, 6.45) is 4.45. The van der Waals surface area contributed by atoms with Crippen molar-refractivity contribution in [3.05, 3.63) is 71.3 Å². The lowest BCUT2D eigenvalue weighted by Gasteiger charge is -2.09. The summed E-state index contributed by atoms with van der Waals surface area (Å²) in [6.45, 7) is 4.24. The number of benzene rings is 3. The summed E-state index contributed by atoms with van der Waals surface area (Å²) in [6, 6.07) is 15.3. The Kier molecular flexibility index (Phi) is 12.8. The Balaban J connectivity index is 1.86. The smallest absolute Gasteiger partial charge is 0.257 e. The van der Waals surface area contributed by atoms with Gasteiger partial charge in [-0.05, 0) is 36.4 Å². The van der Waals surface area contributed by atoms with Crippen LogP contribution in [0.3, 0.4) is 0 Å². The molecule has 0 fully saturated rings. The van der Waals surface area contributed by atoms with Crippen molar-refractivity contribution in [1.29, 1.82) is 0 Å². The second kappa shape index (κ2) is 17.1. The molecule has 15 nitrogen and oxygen atoms in total. The molecule has 0 aromatic heterocycles. The summed E-state index contributed by atoms with van der Waals surface area (Å²) >= 11 is 0. The Morgan fingerprint density at radius 1 is 0.565 bits per heavy atom. The number of hydrogen-bond acceptors (Lipinski definition) is 10. The zero-order chi connectivity index (χ0) is 33.5. The molecule has 5 N–H and O–H groups in total. The monoisotopic (exact) mass is 629 g/mol. The Hall–Kier alpha value is -6.25. The molecule has 0 saturated carbocycles. The van der Waals surface area contributed by atoms with Crippen LogP contribution >= 0.6 is 0 Å². The summed E-state index contributed by atoms with van der Waals surface area (Å²) in [4.78, 5) is 34.2. The normalized spacial score (nSPS) is 10.8. The highest BCUT2D eigenvalue weighted by atomic mass is 16.5. The van der Waals surface area contributed by atoms with E-state index in [0.29, 0.717) is 51.0 Å². The van der Waals surface area contributed by atoms with Gasteiger partial charge in [-0.1, -0.05) is 0 Å². The highest BCUT2D eigenvalue weighted by Crippen LogP contribution is 2.23. The lowest BCUT2D eigenvalue weighted by molar-refractivity contribution is -0.115. The van der Waals surface area contributed by atoms with Crippen molar-refractivity contribution in [2.45, 2.75) is 20.8 Å². The molecule has 0 aliphatic rings. The second-order valence-electron chi connectivity index (χ2n) is 9.35. The van der Waals surface area contributed by atoms with E-state index in [1.54, 1.807) is 54.6 Å². The highest BCUT2D eigenvalue weighted by Gasteiger charge is 2.07. The number of carbonyl (C=O) groups excluding carboxylic acids is 3. The van der Waals surface area contributed by atoms with Crippen LogP contribution < -0.4 is 41.0 Å². The van der Waals surface area contributed by atoms with Crippen molar-refractivity contribution in [3.8, 4) is 17.2 Å². The zero-order valence-electron chi connectivity index (χ0n) is 26.2. The molecule has 15 heteroatoms. The average Bonchev–Trinajstić information content (AvgIpc) is 3.01. The Morgan fingerprint density at radius 2 is 0.913 bits per heavy atom. The summed E-state index contributed by atoms with van der Waals surface area (Å²) < 4.78 is 16.3. The van der Waals surface area contributed by atoms with E-state index in [4.69, 9.17) is 14.2 Å². The molecule has 0 saturated heterocycles. The van der Waals surface area contributed by atoms with Gasteiger partial charge in [0.2, 0.25) is 17.7 Å². The molecule has 46 heavy (non-hydrogen) atoms. The van der Waals surface area contributed by atoms with Crippen molar-refractivity contribution in [2.24, 2.45) is 20.4 Å². The van der Waals surface area contributed by atoms with Gasteiger partial charge in [-0.15, -0.1) is 5.10 Å².